The summed E-state index contributed by atoms with van der Waals surface area (Å²) in [6, 6.07) is 12.9. The lowest BCUT2D eigenvalue weighted by molar-refractivity contribution is -0.301. The highest BCUT2D eigenvalue weighted by molar-refractivity contribution is 8.04. The van der Waals surface area contributed by atoms with Crippen molar-refractivity contribution in [1.82, 2.24) is 0 Å². The van der Waals surface area contributed by atoms with Gasteiger partial charge in [-0.15, -0.1) is 11.8 Å². The smallest absolute Gasteiger partial charge is 0.282 e. The Morgan fingerprint density at radius 3 is 2.32 bits per heavy atom. The molecule has 0 unspecified atom stereocenters. The number of sulfonamides is 1. The molecule has 0 aromatic heterocycles. The SMILES string of the molecule is CCc1ccc(S(=O)(=O)N=C2C=C(SCC(=O)[O-])C(=O)c3ccccc32)cc1. The third-order valence-corrected chi connectivity index (χ3v) is 6.43. The number of carboxylic acid groups (broad SMARTS) is 1. The van der Waals surface area contributed by atoms with Crippen LogP contribution in [-0.2, 0) is 21.2 Å². The molecule has 0 atom stereocenters. The lowest BCUT2D eigenvalue weighted by Crippen LogP contribution is -2.25. The Morgan fingerprint density at radius 2 is 1.71 bits per heavy atom. The maximum Gasteiger partial charge on any atom is 0.282 e. The van der Waals surface area contributed by atoms with Crippen molar-refractivity contribution in [2.24, 2.45) is 4.40 Å². The van der Waals surface area contributed by atoms with Crippen LogP contribution in [0.1, 0.15) is 28.4 Å². The largest absolute Gasteiger partial charge is 0.549 e. The highest BCUT2D eigenvalue weighted by Crippen LogP contribution is 2.29. The zero-order valence-corrected chi connectivity index (χ0v) is 16.5. The molecule has 1 aliphatic carbocycles. The topological polar surface area (TPSA) is 104 Å². The number of carboxylic acids is 1. The molecule has 28 heavy (non-hydrogen) atoms. The summed E-state index contributed by atoms with van der Waals surface area (Å²) >= 11 is 0.782. The van der Waals surface area contributed by atoms with Crippen molar-refractivity contribution < 1.29 is 23.1 Å². The number of Topliss-reactive ketones (excluding diaryl/α,β-unsaturated/α-hetero) is 1. The minimum absolute atomic E-state index is 0.0453. The number of benzene rings is 2. The van der Waals surface area contributed by atoms with Crippen LogP contribution in [0.25, 0.3) is 0 Å². The van der Waals surface area contributed by atoms with Crippen LogP contribution in [0.3, 0.4) is 0 Å². The van der Waals surface area contributed by atoms with Gasteiger partial charge in [-0.1, -0.05) is 43.3 Å². The Hall–Kier alpha value is -2.71. The van der Waals surface area contributed by atoms with Gasteiger partial charge in [0.05, 0.1) is 21.5 Å². The van der Waals surface area contributed by atoms with E-state index >= 15 is 0 Å². The van der Waals surface area contributed by atoms with Crippen molar-refractivity contribution in [3.05, 3.63) is 76.2 Å². The van der Waals surface area contributed by atoms with Crippen LogP contribution in [0.15, 0.2) is 68.8 Å². The van der Waals surface area contributed by atoms with Crippen LogP contribution in [-0.4, -0.2) is 31.6 Å². The van der Waals surface area contributed by atoms with E-state index in [1.807, 2.05) is 6.92 Å². The zero-order chi connectivity index (χ0) is 20.3. The van der Waals surface area contributed by atoms with E-state index in [2.05, 4.69) is 4.40 Å². The van der Waals surface area contributed by atoms with Crippen LogP contribution in [0, 0.1) is 0 Å². The summed E-state index contributed by atoms with van der Waals surface area (Å²) in [6.07, 6.45) is 2.10. The fourth-order valence-corrected chi connectivity index (χ4v) is 4.41. The molecular formula is C20H16NO5S2-. The van der Waals surface area contributed by atoms with Gasteiger partial charge in [-0.2, -0.15) is 12.8 Å². The molecule has 2 aromatic carbocycles. The number of ketones is 1. The van der Waals surface area contributed by atoms with Crippen LogP contribution in [0.5, 0.6) is 0 Å². The van der Waals surface area contributed by atoms with Crippen LogP contribution >= 0.6 is 11.8 Å². The molecule has 0 fully saturated rings. The number of aryl methyl sites for hydroxylation is 1. The first kappa shape index (κ1) is 20.0. The summed E-state index contributed by atoms with van der Waals surface area (Å²) in [5, 5.41) is 10.7. The summed E-state index contributed by atoms with van der Waals surface area (Å²) in [5.41, 5.74) is 1.76. The lowest BCUT2D eigenvalue weighted by atomic mass is 9.94. The second kappa shape index (κ2) is 8.12. The molecule has 0 saturated heterocycles. The van der Waals surface area contributed by atoms with Crippen LogP contribution in [0.4, 0.5) is 0 Å². The Balaban J connectivity index is 2.07. The normalized spacial score (nSPS) is 15.2. The maximum absolute atomic E-state index is 12.8. The number of hydrogen-bond donors (Lipinski definition) is 0. The van der Waals surface area contributed by atoms with Gasteiger partial charge in [0.25, 0.3) is 10.0 Å². The van der Waals surface area contributed by atoms with E-state index in [0.717, 1.165) is 23.7 Å². The van der Waals surface area contributed by atoms with E-state index in [9.17, 15) is 23.1 Å². The third-order valence-electron chi connectivity index (χ3n) is 4.13. The van der Waals surface area contributed by atoms with E-state index in [1.165, 1.54) is 18.2 Å². The van der Waals surface area contributed by atoms with Crippen molar-refractivity contribution in [3.8, 4) is 0 Å². The number of rotatable bonds is 6. The molecule has 3 rings (SSSR count). The zero-order valence-electron chi connectivity index (χ0n) is 14.9. The number of hydrogen-bond acceptors (Lipinski definition) is 6. The first-order valence-electron chi connectivity index (χ1n) is 8.44. The first-order valence-corrected chi connectivity index (χ1v) is 10.9. The molecule has 0 N–H and O–H groups in total. The van der Waals surface area contributed by atoms with Crippen LogP contribution in [0.2, 0.25) is 0 Å². The van der Waals surface area contributed by atoms with Gasteiger partial charge in [-0.05, 0) is 30.2 Å². The molecule has 0 amide bonds. The monoisotopic (exact) mass is 414 g/mol. The van der Waals surface area contributed by atoms with Crippen molar-refractivity contribution in [2.45, 2.75) is 18.2 Å². The van der Waals surface area contributed by atoms with E-state index in [1.54, 1.807) is 36.4 Å². The predicted octanol–water partition coefficient (Wildman–Crippen LogP) is 1.99. The molecule has 8 heteroatoms. The molecule has 0 radical (unpaired) electrons. The Morgan fingerprint density at radius 1 is 1.07 bits per heavy atom. The van der Waals surface area contributed by atoms with Crippen molar-refractivity contribution in [2.75, 3.05) is 5.75 Å². The molecule has 0 bridgehead atoms. The molecule has 0 heterocycles. The Bertz CT molecular complexity index is 1100. The second-order valence-electron chi connectivity index (χ2n) is 5.99. The minimum Gasteiger partial charge on any atom is -0.549 e. The van der Waals surface area contributed by atoms with E-state index in [4.69, 9.17) is 0 Å². The summed E-state index contributed by atoms with van der Waals surface area (Å²) in [4.78, 5) is 23.5. The Kier molecular flexibility index (Phi) is 5.81. The maximum atomic E-state index is 12.8. The van der Waals surface area contributed by atoms with Gasteiger partial charge in [0.2, 0.25) is 0 Å². The number of fused-ring (bicyclic) bond motifs is 1. The van der Waals surface area contributed by atoms with Gasteiger partial charge in [-0.25, -0.2) is 0 Å². The highest BCUT2D eigenvalue weighted by Gasteiger charge is 2.26. The van der Waals surface area contributed by atoms with E-state index < -0.39 is 21.7 Å². The third kappa shape index (κ3) is 4.23. The average Bonchev–Trinajstić information content (AvgIpc) is 2.69. The average molecular weight is 414 g/mol. The number of carbonyl (C=O) groups is 2. The van der Waals surface area contributed by atoms with Gasteiger partial charge in [0.1, 0.15) is 0 Å². The molecule has 6 nitrogen and oxygen atoms in total. The van der Waals surface area contributed by atoms with Gasteiger partial charge < -0.3 is 9.90 Å². The Labute approximate surface area is 167 Å². The van der Waals surface area contributed by atoms with Gasteiger partial charge in [0, 0.05) is 16.9 Å². The summed E-state index contributed by atoms with van der Waals surface area (Å²) in [5.74, 6) is -2.11. The van der Waals surface area contributed by atoms with E-state index in [0.29, 0.717) is 5.56 Å². The molecule has 144 valence electrons. The number of carbonyl (C=O) groups excluding carboxylic acids is 2. The van der Waals surface area contributed by atoms with Crippen molar-refractivity contribution in [1.29, 1.82) is 0 Å². The molecule has 0 aliphatic heterocycles. The fraction of sp³-hybridized carbons (Fsp3) is 0.150. The van der Waals surface area contributed by atoms with Gasteiger partial charge in [-0.3, -0.25) is 4.79 Å². The lowest BCUT2D eigenvalue weighted by Gasteiger charge is -2.17. The first-order chi connectivity index (χ1) is 13.3. The number of thioether (sulfide) groups is 1. The van der Waals surface area contributed by atoms with E-state index in [-0.39, 0.29) is 26.9 Å². The number of allylic oxidation sites excluding steroid dienone is 2. The standard InChI is InChI=1S/C20H17NO5S2/c1-2-13-7-9-14(10-8-13)28(25,26)21-17-11-18(27-12-19(22)23)20(24)16-6-4-3-5-15(16)17/h3-11H,2,12H2,1H3,(H,22,23)/p-1. The minimum atomic E-state index is -4.01. The molecule has 0 saturated carbocycles. The highest BCUT2D eigenvalue weighted by atomic mass is 32.2. The summed E-state index contributed by atoms with van der Waals surface area (Å²) in [6.45, 7) is 1.97. The molecule has 1 aliphatic rings. The molecule has 0 spiro atoms. The van der Waals surface area contributed by atoms with Crippen LogP contribution < -0.4 is 5.11 Å². The second-order valence-corrected chi connectivity index (χ2v) is 8.61. The van der Waals surface area contributed by atoms with Gasteiger partial charge in [0.15, 0.2) is 5.78 Å². The number of nitrogens with zero attached hydrogens (tertiary/aromatic N) is 1. The predicted molar refractivity (Wildman–Crippen MR) is 106 cm³/mol. The quantitative estimate of drug-likeness (QED) is 0.716. The van der Waals surface area contributed by atoms with Gasteiger partial charge >= 0.3 is 0 Å². The summed E-state index contributed by atoms with van der Waals surface area (Å²) < 4.78 is 29.4. The van der Waals surface area contributed by atoms with Crippen molar-refractivity contribution >= 4 is 39.2 Å². The van der Waals surface area contributed by atoms with Crippen molar-refractivity contribution in [3.63, 3.8) is 0 Å². The molecule has 2 aromatic rings. The summed E-state index contributed by atoms with van der Waals surface area (Å²) in [7, 11) is -4.01. The molecular weight excluding hydrogens is 398 g/mol. The number of aliphatic carboxylic acids is 1. The fourth-order valence-electron chi connectivity index (χ4n) is 2.70.